The van der Waals surface area contributed by atoms with Crippen molar-refractivity contribution in [1.82, 2.24) is 19.6 Å². The van der Waals surface area contributed by atoms with Crippen LogP contribution in [0.25, 0.3) is 0 Å². The van der Waals surface area contributed by atoms with Crippen LogP contribution in [0.4, 0.5) is 0 Å². The Balaban J connectivity index is 1.65. The Labute approximate surface area is 135 Å². The van der Waals surface area contributed by atoms with Crippen molar-refractivity contribution in [1.29, 1.82) is 0 Å². The van der Waals surface area contributed by atoms with Crippen LogP contribution in [0.3, 0.4) is 0 Å². The molecular weight excluding hydrogens is 296 g/mol. The van der Waals surface area contributed by atoms with Crippen LogP contribution in [-0.2, 0) is 26.2 Å². The number of rotatable bonds is 6. The lowest BCUT2D eigenvalue weighted by atomic mass is 10.2. The fourth-order valence-corrected chi connectivity index (χ4v) is 2.89. The second kappa shape index (κ2) is 6.84. The minimum atomic E-state index is -0.561. The number of fused-ring (bicyclic) bond motifs is 1. The number of aliphatic hydroxyl groups is 2. The van der Waals surface area contributed by atoms with E-state index >= 15 is 0 Å². The number of aromatic nitrogens is 2. The highest BCUT2D eigenvalue weighted by molar-refractivity contribution is 5.15. The van der Waals surface area contributed by atoms with Crippen molar-refractivity contribution >= 4 is 0 Å². The van der Waals surface area contributed by atoms with Crippen LogP contribution in [0.15, 0.2) is 22.6 Å². The van der Waals surface area contributed by atoms with Gasteiger partial charge in [-0.3, -0.25) is 9.58 Å². The highest BCUT2D eigenvalue weighted by Crippen LogP contribution is 2.20. The number of aliphatic hydroxyl groups excluding tert-OH is 2. The molecule has 2 aromatic rings. The van der Waals surface area contributed by atoms with Gasteiger partial charge in [-0.25, -0.2) is 0 Å². The predicted molar refractivity (Wildman–Crippen MR) is 84.5 cm³/mol. The summed E-state index contributed by atoms with van der Waals surface area (Å²) >= 11 is 0. The first-order valence-corrected chi connectivity index (χ1v) is 7.85. The fourth-order valence-electron chi connectivity index (χ4n) is 2.89. The topological polar surface area (TPSA) is 77.9 Å². The monoisotopic (exact) mass is 320 g/mol. The lowest BCUT2D eigenvalue weighted by Gasteiger charge is -2.26. The van der Waals surface area contributed by atoms with Gasteiger partial charge in [-0.05, 0) is 32.3 Å². The van der Waals surface area contributed by atoms with E-state index in [1.165, 1.54) is 0 Å². The van der Waals surface area contributed by atoms with Crippen LogP contribution in [0.5, 0.6) is 0 Å². The van der Waals surface area contributed by atoms with E-state index in [1.54, 1.807) is 6.07 Å². The first-order valence-electron chi connectivity index (χ1n) is 7.85. The van der Waals surface area contributed by atoms with Crippen LogP contribution < -0.4 is 0 Å². The molecule has 0 radical (unpaired) electrons. The summed E-state index contributed by atoms with van der Waals surface area (Å²) in [6, 6.07) is 5.70. The zero-order chi connectivity index (χ0) is 16.4. The molecule has 0 aliphatic carbocycles. The van der Waals surface area contributed by atoms with Gasteiger partial charge in [-0.2, -0.15) is 5.10 Å². The molecule has 1 aliphatic rings. The second-order valence-electron chi connectivity index (χ2n) is 6.30. The maximum atomic E-state index is 10.2. The van der Waals surface area contributed by atoms with Gasteiger partial charge in [0.15, 0.2) is 0 Å². The minimum absolute atomic E-state index is 0.0695. The van der Waals surface area contributed by atoms with Gasteiger partial charge >= 0.3 is 0 Å². The Morgan fingerprint density at radius 1 is 1.30 bits per heavy atom. The van der Waals surface area contributed by atoms with E-state index in [0.717, 1.165) is 36.8 Å². The summed E-state index contributed by atoms with van der Waals surface area (Å²) in [4.78, 5) is 4.23. The summed E-state index contributed by atoms with van der Waals surface area (Å²) < 4.78 is 7.53. The fraction of sp³-hybridized carbons (Fsp3) is 0.562. The molecule has 1 atom stereocenters. The third kappa shape index (κ3) is 3.81. The predicted octanol–water partition coefficient (Wildman–Crippen LogP) is 0.579. The molecule has 0 unspecified atom stereocenters. The second-order valence-corrected chi connectivity index (χ2v) is 6.30. The van der Waals surface area contributed by atoms with E-state index in [4.69, 9.17) is 9.52 Å². The minimum Gasteiger partial charge on any atom is -0.462 e. The molecule has 3 heterocycles. The summed E-state index contributed by atoms with van der Waals surface area (Å²) in [7, 11) is 3.87. The Kier molecular flexibility index (Phi) is 4.82. The average molecular weight is 320 g/mol. The zero-order valence-electron chi connectivity index (χ0n) is 13.6. The standard InChI is InChI=1S/C16H24N4O3/c1-18(2)10-16(22)15-7-12-8-19(5-6-20(12)17-15)9-13-3-4-14(11-21)23-13/h3-4,7,16,21-22H,5-6,8-11H2,1-2H3/t16-/m0/s1. The van der Waals surface area contributed by atoms with Crippen molar-refractivity contribution in [2.45, 2.75) is 32.3 Å². The number of hydrogen-bond donors (Lipinski definition) is 2. The van der Waals surface area contributed by atoms with Gasteiger partial charge in [-0.1, -0.05) is 0 Å². The molecule has 0 fully saturated rings. The molecule has 7 heteroatoms. The molecule has 0 spiro atoms. The summed E-state index contributed by atoms with van der Waals surface area (Å²) in [5.74, 6) is 1.45. The van der Waals surface area contributed by atoms with E-state index in [9.17, 15) is 5.11 Å². The molecule has 3 rings (SSSR count). The number of nitrogens with zero attached hydrogens (tertiary/aromatic N) is 4. The van der Waals surface area contributed by atoms with Crippen LogP contribution in [0.2, 0.25) is 0 Å². The average Bonchev–Trinajstić information content (AvgIpc) is 3.12. The van der Waals surface area contributed by atoms with Crippen molar-refractivity contribution < 1.29 is 14.6 Å². The third-order valence-electron chi connectivity index (χ3n) is 4.03. The Hall–Kier alpha value is -1.67. The Morgan fingerprint density at radius 2 is 2.09 bits per heavy atom. The first-order chi connectivity index (χ1) is 11.0. The molecule has 2 N–H and O–H groups in total. The van der Waals surface area contributed by atoms with Gasteiger partial charge in [0, 0.05) is 19.6 Å². The van der Waals surface area contributed by atoms with Crippen LogP contribution in [0, 0.1) is 0 Å². The van der Waals surface area contributed by atoms with Gasteiger partial charge in [0.25, 0.3) is 0 Å². The lowest BCUT2D eigenvalue weighted by Crippen LogP contribution is -2.33. The van der Waals surface area contributed by atoms with Crippen LogP contribution in [-0.4, -0.2) is 57.0 Å². The SMILES string of the molecule is CN(C)C[C@H](O)c1cc2n(n1)CCN(Cc1ccc(CO)o1)C2. The van der Waals surface area contributed by atoms with E-state index in [0.29, 0.717) is 18.8 Å². The van der Waals surface area contributed by atoms with Crippen molar-refractivity contribution in [2.24, 2.45) is 0 Å². The Bertz CT molecular complexity index is 650. The molecular formula is C16H24N4O3. The summed E-state index contributed by atoms with van der Waals surface area (Å²) in [5, 5.41) is 23.8. The van der Waals surface area contributed by atoms with Crippen LogP contribution >= 0.6 is 0 Å². The zero-order valence-corrected chi connectivity index (χ0v) is 13.6. The number of hydrogen-bond acceptors (Lipinski definition) is 6. The van der Waals surface area contributed by atoms with Gasteiger partial charge in [-0.15, -0.1) is 0 Å². The smallest absolute Gasteiger partial charge is 0.129 e. The molecule has 7 nitrogen and oxygen atoms in total. The summed E-state index contributed by atoms with van der Waals surface area (Å²) in [6.45, 7) is 3.67. The molecule has 0 saturated heterocycles. The molecule has 0 bridgehead atoms. The molecule has 126 valence electrons. The quantitative estimate of drug-likeness (QED) is 0.811. The van der Waals surface area contributed by atoms with E-state index in [-0.39, 0.29) is 6.61 Å². The van der Waals surface area contributed by atoms with Crippen molar-refractivity contribution in [3.63, 3.8) is 0 Å². The van der Waals surface area contributed by atoms with Crippen molar-refractivity contribution in [3.8, 4) is 0 Å². The highest BCUT2D eigenvalue weighted by atomic mass is 16.4. The van der Waals surface area contributed by atoms with Gasteiger partial charge < -0.3 is 19.5 Å². The maximum absolute atomic E-state index is 10.2. The largest absolute Gasteiger partial charge is 0.462 e. The molecule has 1 aliphatic heterocycles. The Morgan fingerprint density at radius 3 is 2.78 bits per heavy atom. The van der Waals surface area contributed by atoms with E-state index in [1.807, 2.05) is 35.8 Å². The molecule has 2 aromatic heterocycles. The third-order valence-corrected chi connectivity index (χ3v) is 4.03. The van der Waals surface area contributed by atoms with Gasteiger partial charge in [0.1, 0.15) is 24.2 Å². The number of furan rings is 1. The molecule has 0 amide bonds. The van der Waals surface area contributed by atoms with Crippen LogP contribution in [0.1, 0.15) is 29.0 Å². The van der Waals surface area contributed by atoms with E-state index in [2.05, 4.69) is 10.00 Å². The van der Waals surface area contributed by atoms with Crippen molar-refractivity contribution in [3.05, 3.63) is 41.1 Å². The molecule has 0 aromatic carbocycles. The summed E-state index contributed by atoms with van der Waals surface area (Å²) in [5.41, 5.74) is 1.84. The van der Waals surface area contributed by atoms with E-state index < -0.39 is 6.10 Å². The molecule has 23 heavy (non-hydrogen) atoms. The number of likely N-dealkylation sites (N-methyl/N-ethyl adjacent to an activating group) is 1. The molecule has 0 saturated carbocycles. The normalized spacial score (nSPS) is 16.7. The summed E-state index contributed by atoms with van der Waals surface area (Å²) in [6.07, 6.45) is -0.561. The van der Waals surface area contributed by atoms with Gasteiger partial charge in [0.2, 0.25) is 0 Å². The lowest BCUT2D eigenvalue weighted by molar-refractivity contribution is 0.133. The first kappa shape index (κ1) is 16.2. The maximum Gasteiger partial charge on any atom is 0.129 e. The van der Waals surface area contributed by atoms with Crippen molar-refractivity contribution in [2.75, 3.05) is 27.2 Å². The van der Waals surface area contributed by atoms with Gasteiger partial charge in [0.05, 0.1) is 24.5 Å². The highest BCUT2D eigenvalue weighted by Gasteiger charge is 2.22.